The lowest BCUT2D eigenvalue weighted by molar-refractivity contribution is -0.0258. The van der Waals surface area contributed by atoms with E-state index in [9.17, 15) is 22.4 Å². The lowest BCUT2D eigenvalue weighted by Gasteiger charge is -2.42. The molecule has 11 nitrogen and oxygen atoms in total. The highest BCUT2D eigenvalue weighted by atomic mass is 32.2. The number of nitrogens with zero attached hydrogens (tertiary/aromatic N) is 3. The van der Waals surface area contributed by atoms with Crippen LogP contribution in [-0.2, 0) is 21.3 Å². The van der Waals surface area contributed by atoms with Crippen molar-refractivity contribution >= 4 is 27.8 Å². The highest BCUT2D eigenvalue weighted by Crippen LogP contribution is 2.33. The molecule has 1 fully saturated rings. The van der Waals surface area contributed by atoms with Gasteiger partial charge in [-0.3, -0.25) is 9.69 Å². The Hall–Kier alpha value is -4.88. The van der Waals surface area contributed by atoms with E-state index in [1.165, 1.54) is 43.5 Å². The van der Waals surface area contributed by atoms with Gasteiger partial charge in [0.05, 0.1) is 23.3 Å². The smallest absolute Gasteiger partial charge is 0.340 e. The second kappa shape index (κ2) is 12.1. The van der Waals surface area contributed by atoms with Crippen LogP contribution in [0.3, 0.4) is 0 Å². The quantitative estimate of drug-likeness (QED) is 0.305. The number of piperidine rings is 1. The molecule has 13 heteroatoms. The average molecular weight is 646 g/mol. The van der Waals surface area contributed by atoms with Gasteiger partial charge in [-0.1, -0.05) is 30.3 Å². The predicted molar refractivity (Wildman–Crippen MR) is 167 cm³/mol. The van der Waals surface area contributed by atoms with E-state index in [-0.39, 0.29) is 27.9 Å². The van der Waals surface area contributed by atoms with E-state index in [1.54, 1.807) is 12.1 Å². The Morgan fingerprint density at radius 1 is 1.02 bits per heavy atom. The minimum atomic E-state index is -4.14. The molecule has 3 aromatic carbocycles. The fourth-order valence-corrected chi connectivity index (χ4v) is 6.84. The first-order valence-electron chi connectivity index (χ1n) is 14.6. The summed E-state index contributed by atoms with van der Waals surface area (Å²) in [5.41, 5.74) is 2.66. The molecule has 0 atom stereocenters. The maximum atomic E-state index is 14.2. The first kappa shape index (κ1) is 31.1. The number of aromatic nitrogens is 2. The lowest BCUT2D eigenvalue weighted by Crippen LogP contribution is -2.59. The van der Waals surface area contributed by atoms with Crippen LogP contribution in [0, 0.1) is 19.7 Å². The Balaban J connectivity index is 1.36. The van der Waals surface area contributed by atoms with Gasteiger partial charge >= 0.3 is 5.97 Å². The number of anilines is 1. The molecule has 6 rings (SSSR count). The lowest BCUT2D eigenvalue weighted by atomic mass is 9.98. The Morgan fingerprint density at radius 3 is 2.46 bits per heavy atom. The van der Waals surface area contributed by atoms with Crippen molar-refractivity contribution in [2.24, 2.45) is 0 Å². The first-order chi connectivity index (χ1) is 21.9. The summed E-state index contributed by atoms with van der Waals surface area (Å²) < 4.78 is 54.6. The van der Waals surface area contributed by atoms with Gasteiger partial charge < -0.3 is 14.8 Å². The highest BCUT2D eigenvalue weighted by molar-refractivity contribution is 7.92. The number of halogens is 1. The summed E-state index contributed by atoms with van der Waals surface area (Å²) in [6.45, 7) is 5.24. The molecule has 2 aliphatic heterocycles. The minimum absolute atomic E-state index is 0.0876. The van der Waals surface area contributed by atoms with Gasteiger partial charge in [-0.25, -0.2) is 27.3 Å². The van der Waals surface area contributed by atoms with Crippen molar-refractivity contribution in [1.29, 1.82) is 0 Å². The maximum absolute atomic E-state index is 14.2. The number of methoxy groups -OCH3 is 1. The van der Waals surface area contributed by atoms with Crippen molar-refractivity contribution in [3.8, 4) is 17.1 Å². The van der Waals surface area contributed by atoms with E-state index in [0.717, 1.165) is 22.3 Å². The molecule has 0 saturated carbocycles. The fraction of sp³-hybridized carbons (Fsp3) is 0.273. The van der Waals surface area contributed by atoms with Gasteiger partial charge in [0.15, 0.2) is 5.72 Å². The van der Waals surface area contributed by atoms with Crippen LogP contribution in [0.15, 0.2) is 71.6 Å². The zero-order valence-corrected chi connectivity index (χ0v) is 26.3. The minimum Gasteiger partial charge on any atom is -0.465 e. The number of fused-ring (bicyclic) bond motifs is 4. The van der Waals surface area contributed by atoms with Crippen LogP contribution in [0.1, 0.15) is 50.2 Å². The van der Waals surface area contributed by atoms with Crippen LogP contribution < -0.4 is 14.8 Å². The van der Waals surface area contributed by atoms with E-state index in [1.807, 2.05) is 32.0 Å². The van der Waals surface area contributed by atoms with Gasteiger partial charge in [-0.15, -0.1) is 0 Å². The molecule has 3 heterocycles. The van der Waals surface area contributed by atoms with Gasteiger partial charge in [0.1, 0.15) is 5.82 Å². The third kappa shape index (κ3) is 6.28. The summed E-state index contributed by atoms with van der Waals surface area (Å²) in [7, 11) is -2.94. The molecule has 238 valence electrons. The first-order valence-corrected chi connectivity index (χ1v) is 16.1. The SMILES string of the molecule is COC(=O)c1cc(CN2CCC3(CC2)NC(=O)c2cccc(c2)S(=O)(=O)Nc2nc(cc(-c4c(C)cccc4C)n2)O3)ccc1F. The number of sulfonamides is 1. The maximum Gasteiger partial charge on any atom is 0.340 e. The Labute approximate surface area is 265 Å². The molecule has 2 aliphatic rings. The van der Waals surface area contributed by atoms with E-state index < -0.39 is 33.4 Å². The van der Waals surface area contributed by atoms with Crippen molar-refractivity contribution in [1.82, 2.24) is 20.2 Å². The van der Waals surface area contributed by atoms with Crippen molar-refractivity contribution in [2.45, 2.75) is 43.9 Å². The van der Waals surface area contributed by atoms with Gasteiger partial charge in [0, 0.05) is 49.7 Å². The number of hydrogen-bond acceptors (Lipinski definition) is 9. The molecule has 0 unspecified atom stereocenters. The molecule has 2 N–H and O–H groups in total. The zero-order valence-electron chi connectivity index (χ0n) is 25.5. The number of likely N-dealkylation sites (tertiary alicyclic amines) is 1. The molecule has 1 spiro atoms. The molecule has 0 radical (unpaired) electrons. The number of carbonyl (C=O) groups is 2. The molecule has 4 bridgehead atoms. The molecule has 46 heavy (non-hydrogen) atoms. The highest BCUT2D eigenvalue weighted by Gasteiger charge is 2.40. The number of esters is 1. The molecular weight excluding hydrogens is 613 g/mol. The molecular formula is C33H32FN5O6S. The van der Waals surface area contributed by atoms with E-state index in [4.69, 9.17) is 9.47 Å². The summed E-state index contributed by atoms with van der Waals surface area (Å²) in [6, 6.07) is 17.5. The monoisotopic (exact) mass is 645 g/mol. The molecule has 1 aromatic heterocycles. The summed E-state index contributed by atoms with van der Waals surface area (Å²) >= 11 is 0. The number of aryl methyl sites for hydroxylation is 2. The van der Waals surface area contributed by atoms with Crippen molar-refractivity contribution < 1.29 is 31.9 Å². The van der Waals surface area contributed by atoms with Crippen LogP contribution in [0.5, 0.6) is 5.88 Å². The molecule has 1 amide bonds. The normalized spacial score (nSPS) is 17.1. The number of amides is 1. The third-order valence-electron chi connectivity index (χ3n) is 8.22. The summed E-state index contributed by atoms with van der Waals surface area (Å²) in [4.78, 5) is 36.6. The third-order valence-corrected chi connectivity index (χ3v) is 9.55. The van der Waals surface area contributed by atoms with Gasteiger partial charge in [0.2, 0.25) is 11.8 Å². The zero-order chi connectivity index (χ0) is 32.6. The Bertz CT molecular complexity index is 1940. The molecule has 1 saturated heterocycles. The fourth-order valence-electron chi connectivity index (χ4n) is 5.85. The summed E-state index contributed by atoms with van der Waals surface area (Å²) in [5.74, 6) is -2.00. The summed E-state index contributed by atoms with van der Waals surface area (Å²) in [6.07, 6.45) is 0.681. The van der Waals surface area contributed by atoms with Gasteiger partial charge in [-0.05, 0) is 60.9 Å². The summed E-state index contributed by atoms with van der Waals surface area (Å²) in [5, 5.41) is 3.03. The van der Waals surface area contributed by atoms with Crippen LogP contribution in [0.2, 0.25) is 0 Å². The van der Waals surface area contributed by atoms with E-state index in [0.29, 0.717) is 38.2 Å². The van der Waals surface area contributed by atoms with Crippen molar-refractivity contribution in [3.05, 3.63) is 100 Å². The number of benzene rings is 3. The Morgan fingerprint density at radius 2 is 1.74 bits per heavy atom. The topological polar surface area (TPSA) is 140 Å². The second-order valence-electron chi connectivity index (χ2n) is 11.4. The van der Waals surface area contributed by atoms with Crippen LogP contribution >= 0.6 is 0 Å². The van der Waals surface area contributed by atoms with Crippen LogP contribution in [0.25, 0.3) is 11.3 Å². The number of rotatable bonds is 4. The molecule has 4 aromatic rings. The number of carbonyl (C=O) groups excluding carboxylic acids is 2. The number of nitrogens with one attached hydrogen (secondary N) is 2. The average Bonchev–Trinajstić information content (AvgIpc) is 3.02. The van der Waals surface area contributed by atoms with Gasteiger partial charge in [0.25, 0.3) is 15.9 Å². The Kier molecular flexibility index (Phi) is 8.21. The van der Waals surface area contributed by atoms with Crippen LogP contribution in [-0.4, -0.2) is 61.1 Å². The van der Waals surface area contributed by atoms with Crippen LogP contribution in [0.4, 0.5) is 10.3 Å². The second-order valence-corrected chi connectivity index (χ2v) is 13.1. The largest absolute Gasteiger partial charge is 0.465 e. The standard InChI is InChI=1S/C33H32FN5O6S/c1-20-6-4-7-21(2)29(20)27-18-28-36-32(35-27)38-46(42,43)24-9-5-8-23(17-24)30(40)37-33(45-28)12-14-39(15-13-33)19-22-10-11-26(34)25(16-22)31(41)44-3/h4-11,16-18H,12-15,19H2,1-3H3,(H,37,40)(H,35,36,38). The molecule has 0 aliphatic carbocycles. The number of hydrogen-bond donors (Lipinski definition) is 2. The van der Waals surface area contributed by atoms with Crippen molar-refractivity contribution in [2.75, 3.05) is 24.9 Å². The van der Waals surface area contributed by atoms with E-state index in [2.05, 4.69) is 24.9 Å². The van der Waals surface area contributed by atoms with Crippen molar-refractivity contribution in [3.63, 3.8) is 0 Å². The number of ether oxygens (including phenoxy) is 2. The predicted octanol–water partition coefficient (Wildman–Crippen LogP) is 4.60. The van der Waals surface area contributed by atoms with Gasteiger partial charge in [-0.2, -0.15) is 4.98 Å². The van der Waals surface area contributed by atoms with E-state index >= 15 is 0 Å².